The lowest BCUT2D eigenvalue weighted by molar-refractivity contribution is 0.240. The molecule has 0 aliphatic rings. The average molecular weight is 329 g/mol. The first kappa shape index (κ1) is 15.2. The van der Waals surface area contributed by atoms with Gasteiger partial charge in [-0.3, -0.25) is 19.3 Å². The van der Waals surface area contributed by atoms with Gasteiger partial charge in [0.1, 0.15) is 11.3 Å². The number of hydrogen-bond donors (Lipinski definition) is 2. The zero-order valence-corrected chi connectivity index (χ0v) is 13.5. The number of carbonyl (C=O) groups is 1. The number of aryl methyl sites for hydroxylation is 1. The summed E-state index contributed by atoms with van der Waals surface area (Å²) in [4.78, 5) is 25.0. The zero-order valence-electron chi connectivity index (χ0n) is 12.6. The molecule has 3 aromatic rings. The molecule has 0 saturated carbocycles. The second-order valence-electron chi connectivity index (χ2n) is 4.84. The fourth-order valence-corrected chi connectivity index (χ4v) is 2.03. The van der Waals surface area contributed by atoms with Crippen LogP contribution in [0.5, 0.6) is 0 Å². The Morgan fingerprint density at radius 2 is 2.17 bits per heavy atom. The highest BCUT2D eigenvalue weighted by molar-refractivity contribution is 7.78. The predicted octanol–water partition coefficient (Wildman–Crippen LogP) is 2.12. The quantitative estimate of drug-likeness (QED) is 0.719. The van der Waals surface area contributed by atoms with Crippen molar-refractivity contribution in [3.8, 4) is 11.3 Å². The summed E-state index contributed by atoms with van der Waals surface area (Å²) in [5.41, 5.74) is 2.62. The third-order valence-electron chi connectivity index (χ3n) is 3.18. The average Bonchev–Trinajstić information content (AvgIpc) is 2.99. The molecule has 3 rings (SSSR count). The van der Waals surface area contributed by atoms with E-state index in [1.807, 2.05) is 20.2 Å². The molecule has 0 atom stereocenters. The molecule has 3 heterocycles. The molecule has 0 aromatic carbocycles. The molecule has 9 heteroatoms. The van der Waals surface area contributed by atoms with E-state index < -0.39 is 0 Å². The molecular formula is C14H15N7OS. The molecule has 3 aromatic heterocycles. The molecule has 0 bridgehead atoms. The fourth-order valence-electron chi connectivity index (χ4n) is 1.98. The van der Waals surface area contributed by atoms with E-state index in [-0.39, 0.29) is 6.03 Å². The van der Waals surface area contributed by atoms with E-state index in [1.165, 1.54) is 4.31 Å². The van der Waals surface area contributed by atoms with Crippen LogP contribution >= 0.6 is 12.8 Å². The lowest BCUT2D eigenvalue weighted by Crippen LogP contribution is -2.27. The standard InChI is InChI=1S/C14H15N7OS/c1-3-21(23)14(22)19-12-5-4-10-13(18-12)17-11(7-15-10)9-6-16-20(2)8-9/h4-8,23H,3H2,1-2H3,(H,17,18,19,22). The van der Waals surface area contributed by atoms with E-state index in [0.717, 1.165) is 5.56 Å². The third-order valence-corrected chi connectivity index (χ3v) is 3.64. The summed E-state index contributed by atoms with van der Waals surface area (Å²) in [6, 6.07) is 3.09. The van der Waals surface area contributed by atoms with Crippen LogP contribution in [0.3, 0.4) is 0 Å². The van der Waals surface area contributed by atoms with Gasteiger partial charge in [0.25, 0.3) is 0 Å². The van der Waals surface area contributed by atoms with Crippen molar-refractivity contribution in [3.05, 3.63) is 30.7 Å². The van der Waals surface area contributed by atoms with Gasteiger partial charge in [-0.1, -0.05) is 12.8 Å². The monoisotopic (exact) mass is 329 g/mol. The number of amides is 2. The minimum Gasteiger partial charge on any atom is -0.291 e. The largest absolute Gasteiger partial charge is 0.332 e. The Balaban J connectivity index is 1.93. The van der Waals surface area contributed by atoms with Crippen molar-refractivity contribution >= 4 is 35.8 Å². The molecule has 0 aliphatic heterocycles. The SMILES string of the molecule is CCN(S)C(=O)Nc1ccc2ncc(-c3cnn(C)c3)nc2n1. The lowest BCUT2D eigenvalue weighted by Gasteiger charge is -2.13. The summed E-state index contributed by atoms with van der Waals surface area (Å²) in [5.74, 6) is 0.396. The summed E-state index contributed by atoms with van der Waals surface area (Å²) in [5, 5.41) is 6.78. The van der Waals surface area contributed by atoms with Crippen LogP contribution in [0, 0.1) is 0 Å². The Bertz CT molecular complexity index is 863. The van der Waals surface area contributed by atoms with Crippen molar-refractivity contribution < 1.29 is 4.79 Å². The van der Waals surface area contributed by atoms with E-state index in [0.29, 0.717) is 29.2 Å². The molecule has 0 unspecified atom stereocenters. The number of aromatic nitrogens is 5. The second-order valence-corrected chi connectivity index (χ2v) is 5.33. The zero-order chi connectivity index (χ0) is 16.4. The molecule has 8 nitrogen and oxygen atoms in total. The number of nitrogens with one attached hydrogen (secondary N) is 1. The van der Waals surface area contributed by atoms with Gasteiger partial charge >= 0.3 is 6.03 Å². The number of hydrogen-bond acceptors (Lipinski definition) is 6. The highest BCUT2D eigenvalue weighted by atomic mass is 32.1. The number of rotatable bonds is 3. The summed E-state index contributed by atoms with van der Waals surface area (Å²) in [6.07, 6.45) is 5.23. The van der Waals surface area contributed by atoms with Crippen molar-refractivity contribution in [2.75, 3.05) is 11.9 Å². The minimum absolute atomic E-state index is 0.348. The van der Waals surface area contributed by atoms with Crippen LogP contribution in [0.25, 0.3) is 22.4 Å². The first-order valence-electron chi connectivity index (χ1n) is 6.97. The van der Waals surface area contributed by atoms with Crippen LogP contribution in [-0.4, -0.2) is 41.6 Å². The molecule has 0 fully saturated rings. The smallest absolute Gasteiger partial charge is 0.291 e. The Hall–Kier alpha value is -2.68. The van der Waals surface area contributed by atoms with Crippen molar-refractivity contribution in [1.82, 2.24) is 29.0 Å². The Kier molecular flexibility index (Phi) is 4.11. The van der Waals surface area contributed by atoms with Crippen LogP contribution < -0.4 is 5.32 Å². The van der Waals surface area contributed by atoms with E-state index >= 15 is 0 Å². The lowest BCUT2D eigenvalue weighted by atomic mass is 10.2. The molecule has 0 saturated heterocycles. The van der Waals surface area contributed by atoms with Crippen LogP contribution in [0.4, 0.5) is 10.6 Å². The van der Waals surface area contributed by atoms with Crippen LogP contribution in [0.15, 0.2) is 30.7 Å². The van der Waals surface area contributed by atoms with Gasteiger partial charge in [0.2, 0.25) is 0 Å². The van der Waals surface area contributed by atoms with Gasteiger partial charge in [-0.25, -0.2) is 14.8 Å². The van der Waals surface area contributed by atoms with Crippen molar-refractivity contribution in [1.29, 1.82) is 0 Å². The highest BCUT2D eigenvalue weighted by Crippen LogP contribution is 2.18. The summed E-state index contributed by atoms with van der Waals surface area (Å²) in [7, 11) is 1.83. The van der Waals surface area contributed by atoms with E-state index in [4.69, 9.17) is 0 Å². The highest BCUT2D eigenvalue weighted by Gasteiger charge is 2.10. The molecule has 118 valence electrons. The molecule has 2 amide bonds. The summed E-state index contributed by atoms with van der Waals surface area (Å²) in [6.45, 7) is 2.31. The first-order valence-corrected chi connectivity index (χ1v) is 7.37. The van der Waals surface area contributed by atoms with E-state index in [1.54, 1.807) is 29.2 Å². The van der Waals surface area contributed by atoms with E-state index in [2.05, 4.69) is 38.2 Å². The number of fused-ring (bicyclic) bond motifs is 1. The fraction of sp³-hybridized carbons (Fsp3) is 0.214. The van der Waals surface area contributed by atoms with Gasteiger partial charge in [-0.05, 0) is 19.1 Å². The van der Waals surface area contributed by atoms with Crippen LogP contribution in [0.2, 0.25) is 0 Å². The van der Waals surface area contributed by atoms with Gasteiger partial charge in [0.05, 0.1) is 18.1 Å². The Morgan fingerprint density at radius 1 is 1.35 bits per heavy atom. The summed E-state index contributed by atoms with van der Waals surface area (Å²) >= 11 is 4.05. The maximum atomic E-state index is 11.8. The number of pyridine rings is 1. The summed E-state index contributed by atoms with van der Waals surface area (Å²) < 4.78 is 2.95. The third kappa shape index (κ3) is 3.24. The minimum atomic E-state index is -0.348. The van der Waals surface area contributed by atoms with Crippen molar-refractivity contribution in [3.63, 3.8) is 0 Å². The molecule has 0 radical (unpaired) electrons. The number of thiol groups is 1. The molecule has 1 N–H and O–H groups in total. The molecular weight excluding hydrogens is 314 g/mol. The number of nitrogens with zero attached hydrogens (tertiary/aromatic N) is 6. The van der Waals surface area contributed by atoms with Gasteiger partial charge in [-0.15, -0.1) is 0 Å². The maximum Gasteiger partial charge on any atom is 0.332 e. The van der Waals surface area contributed by atoms with Gasteiger partial charge in [0, 0.05) is 25.4 Å². The second kappa shape index (κ2) is 6.21. The number of anilines is 1. The van der Waals surface area contributed by atoms with Crippen molar-refractivity contribution in [2.45, 2.75) is 6.92 Å². The van der Waals surface area contributed by atoms with Crippen LogP contribution in [-0.2, 0) is 7.05 Å². The topological polar surface area (TPSA) is 88.8 Å². The maximum absolute atomic E-state index is 11.8. The predicted molar refractivity (Wildman–Crippen MR) is 89.9 cm³/mol. The van der Waals surface area contributed by atoms with Crippen molar-refractivity contribution in [2.24, 2.45) is 7.05 Å². The Morgan fingerprint density at radius 3 is 2.87 bits per heavy atom. The van der Waals surface area contributed by atoms with Gasteiger partial charge in [0.15, 0.2) is 5.65 Å². The van der Waals surface area contributed by atoms with Crippen LogP contribution in [0.1, 0.15) is 6.92 Å². The molecule has 0 spiro atoms. The van der Waals surface area contributed by atoms with E-state index in [9.17, 15) is 4.79 Å². The number of urea groups is 1. The number of carbonyl (C=O) groups excluding carboxylic acids is 1. The normalized spacial score (nSPS) is 10.7. The molecule has 0 aliphatic carbocycles. The first-order chi connectivity index (χ1) is 11.1. The molecule has 23 heavy (non-hydrogen) atoms. The van der Waals surface area contributed by atoms with Gasteiger partial charge in [-0.2, -0.15) is 5.10 Å². The Labute approximate surface area is 138 Å². The van der Waals surface area contributed by atoms with Gasteiger partial charge < -0.3 is 0 Å².